The maximum atomic E-state index is 11.0. The topological polar surface area (TPSA) is 79.5 Å². The third-order valence-corrected chi connectivity index (χ3v) is 3.00. The minimum atomic E-state index is -1.02. The second kappa shape index (κ2) is 5.52. The Kier molecular flexibility index (Phi) is 4.31. The zero-order chi connectivity index (χ0) is 13.0. The first-order valence-corrected chi connectivity index (χ1v) is 5.72. The molecule has 0 saturated heterocycles. The number of aromatic carboxylic acids is 1. The molecule has 0 spiro atoms. The molecule has 17 heavy (non-hydrogen) atoms. The number of nitrogens with two attached hydrogens (primary N) is 1. The van der Waals surface area contributed by atoms with Gasteiger partial charge in [0.1, 0.15) is 5.82 Å². The first-order chi connectivity index (χ1) is 8.01. The number of hydrogen-bond acceptors (Lipinski definition) is 4. The Hall–Kier alpha value is -1.78. The molecule has 0 aliphatic heterocycles. The van der Waals surface area contributed by atoms with Gasteiger partial charge in [0.2, 0.25) is 0 Å². The fourth-order valence-corrected chi connectivity index (χ4v) is 1.86. The van der Waals surface area contributed by atoms with Crippen LogP contribution in [0.4, 0.5) is 11.5 Å². The van der Waals surface area contributed by atoms with Crippen LogP contribution >= 0.6 is 0 Å². The van der Waals surface area contributed by atoms with Gasteiger partial charge in [-0.25, -0.2) is 9.78 Å². The molecule has 1 heterocycles. The molecule has 0 unspecified atom stereocenters. The summed E-state index contributed by atoms with van der Waals surface area (Å²) >= 11 is 0. The van der Waals surface area contributed by atoms with E-state index in [4.69, 9.17) is 10.8 Å². The SMILES string of the molecule is CCC(CC)N(C)c1cc(C(=O)O)c(N)cn1. The van der Waals surface area contributed by atoms with Crippen LogP contribution in [0.1, 0.15) is 37.0 Å². The summed E-state index contributed by atoms with van der Waals surface area (Å²) in [4.78, 5) is 17.1. The van der Waals surface area contributed by atoms with Crippen molar-refractivity contribution in [1.29, 1.82) is 0 Å². The van der Waals surface area contributed by atoms with E-state index in [1.54, 1.807) is 0 Å². The van der Waals surface area contributed by atoms with Crippen LogP contribution in [0.2, 0.25) is 0 Å². The van der Waals surface area contributed by atoms with Gasteiger partial charge in [0.05, 0.1) is 17.4 Å². The minimum absolute atomic E-state index is 0.104. The Morgan fingerprint density at radius 2 is 2.12 bits per heavy atom. The fourth-order valence-electron chi connectivity index (χ4n) is 1.86. The summed E-state index contributed by atoms with van der Waals surface area (Å²) in [7, 11) is 1.92. The van der Waals surface area contributed by atoms with E-state index in [-0.39, 0.29) is 11.3 Å². The molecule has 0 aromatic carbocycles. The standard InChI is InChI=1S/C12H19N3O2/c1-4-8(5-2)15(3)11-6-9(12(16)17)10(13)7-14-11/h6-8H,4-5,13H2,1-3H3,(H,16,17). The van der Waals surface area contributed by atoms with E-state index in [9.17, 15) is 4.79 Å². The van der Waals surface area contributed by atoms with Crippen LogP contribution in [-0.2, 0) is 0 Å². The summed E-state index contributed by atoms with van der Waals surface area (Å²) in [6.45, 7) is 4.19. The highest BCUT2D eigenvalue weighted by Gasteiger charge is 2.16. The largest absolute Gasteiger partial charge is 0.478 e. The van der Waals surface area contributed by atoms with E-state index in [2.05, 4.69) is 18.8 Å². The van der Waals surface area contributed by atoms with Crippen LogP contribution in [0.3, 0.4) is 0 Å². The van der Waals surface area contributed by atoms with Crippen molar-refractivity contribution in [2.45, 2.75) is 32.7 Å². The number of aromatic nitrogens is 1. The lowest BCUT2D eigenvalue weighted by atomic mass is 10.1. The molecule has 1 rings (SSSR count). The second-order valence-electron chi connectivity index (χ2n) is 4.02. The van der Waals surface area contributed by atoms with Gasteiger partial charge in [-0.1, -0.05) is 13.8 Å². The highest BCUT2D eigenvalue weighted by atomic mass is 16.4. The van der Waals surface area contributed by atoms with Gasteiger partial charge in [-0.15, -0.1) is 0 Å². The smallest absolute Gasteiger partial charge is 0.337 e. The number of carboxylic acid groups (broad SMARTS) is 1. The molecule has 0 bridgehead atoms. The first-order valence-electron chi connectivity index (χ1n) is 5.72. The third-order valence-electron chi connectivity index (χ3n) is 3.00. The molecule has 94 valence electrons. The van der Waals surface area contributed by atoms with Gasteiger partial charge in [-0.2, -0.15) is 0 Å². The lowest BCUT2D eigenvalue weighted by molar-refractivity contribution is 0.0698. The van der Waals surface area contributed by atoms with E-state index in [1.807, 2.05) is 11.9 Å². The summed E-state index contributed by atoms with van der Waals surface area (Å²) in [5, 5.41) is 9.00. The molecule has 3 N–H and O–H groups in total. The molecule has 0 fully saturated rings. The Balaban J connectivity index is 3.06. The molecular formula is C12H19N3O2. The highest BCUT2D eigenvalue weighted by Crippen LogP contribution is 2.20. The number of pyridine rings is 1. The summed E-state index contributed by atoms with van der Waals surface area (Å²) in [5.41, 5.74) is 5.87. The van der Waals surface area contributed by atoms with Crippen LogP contribution in [-0.4, -0.2) is 29.1 Å². The number of nitrogen functional groups attached to an aromatic ring is 1. The number of anilines is 2. The van der Waals surface area contributed by atoms with Gasteiger partial charge in [0, 0.05) is 13.1 Å². The van der Waals surface area contributed by atoms with Gasteiger partial charge < -0.3 is 15.7 Å². The van der Waals surface area contributed by atoms with E-state index in [0.29, 0.717) is 11.9 Å². The Labute approximate surface area is 101 Å². The van der Waals surface area contributed by atoms with Crippen molar-refractivity contribution >= 4 is 17.5 Å². The van der Waals surface area contributed by atoms with Crippen molar-refractivity contribution in [1.82, 2.24) is 4.98 Å². The van der Waals surface area contributed by atoms with E-state index < -0.39 is 5.97 Å². The number of rotatable bonds is 5. The van der Waals surface area contributed by atoms with Crippen LogP contribution < -0.4 is 10.6 Å². The van der Waals surface area contributed by atoms with E-state index in [0.717, 1.165) is 12.8 Å². The molecule has 1 aromatic heterocycles. The maximum absolute atomic E-state index is 11.0. The van der Waals surface area contributed by atoms with Crippen molar-refractivity contribution in [3.63, 3.8) is 0 Å². The van der Waals surface area contributed by atoms with Crippen molar-refractivity contribution in [3.8, 4) is 0 Å². The zero-order valence-corrected chi connectivity index (χ0v) is 10.5. The lowest BCUT2D eigenvalue weighted by Gasteiger charge is -2.27. The molecule has 0 atom stereocenters. The Morgan fingerprint density at radius 3 is 2.59 bits per heavy atom. The monoisotopic (exact) mass is 237 g/mol. The highest BCUT2D eigenvalue weighted by molar-refractivity contribution is 5.94. The van der Waals surface area contributed by atoms with Crippen LogP contribution in [0, 0.1) is 0 Å². The van der Waals surface area contributed by atoms with Gasteiger partial charge >= 0.3 is 5.97 Å². The summed E-state index contributed by atoms with van der Waals surface area (Å²) < 4.78 is 0. The molecule has 5 nitrogen and oxygen atoms in total. The van der Waals surface area contributed by atoms with E-state index >= 15 is 0 Å². The average molecular weight is 237 g/mol. The van der Waals surface area contributed by atoms with E-state index in [1.165, 1.54) is 12.3 Å². The fraction of sp³-hybridized carbons (Fsp3) is 0.500. The molecule has 0 radical (unpaired) electrons. The second-order valence-corrected chi connectivity index (χ2v) is 4.02. The quantitative estimate of drug-likeness (QED) is 0.818. The molecule has 5 heteroatoms. The number of hydrogen-bond donors (Lipinski definition) is 2. The lowest BCUT2D eigenvalue weighted by Crippen LogP contribution is -2.31. The predicted molar refractivity (Wildman–Crippen MR) is 68.4 cm³/mol. The summed E-state index contributed by atoms with van der Waals surface area (Å²) in [5.74, 6) is -0.380. The molecule has 0 aliphatic carbocycles. The summed E-state index contributed by atoms with van der Waals surface area (Å²) in [6.07, 6.45) is 3.38. The van der Waals surface area contributed by atoms with Gasteiger partial charge in [-0.05, 0) is 18.9 Å². The van der Waals surface area contributed by atoms with Crippen molar-refractivity contribution in [3.05, 3.63) is 17.8 Å². The van der Waals surface area contributed by atoms with Crippen LogP contribution in [0.25, 0.3) is 0 Å². The number of carbonyl (C=O) groups is 1. The van der Waals surface area contributed by atoms with Crippen LogP contribution in [0.5, 0.6) is 0 Å². The average Bonchev–Trinajstić information content (AvgIpc) is 2.30. The third kappa shape index (κ3) is 2.87. The molecule has 0 saturated carbocycles. The Morgan fingerprint density at radius 1 is 1.53 bits per heavy atom. The van der Waals surface area contributed by atoms with Crippen molar-refractivity contribution in [2.75, 3.05) is 17.7 Å². The maximum Gasteiger partial charge on any atom is 0.337 e. The van der Waals surface area contributed by atoms with Gasteiger partial charge in [0.25, 0.3) is 0 Å². The van der Waals surface area contributed by atoms with Crippen LogP contribution in [0.15, 0.2) is 12.3 Å². The predicted octanol–water partition coefficient (Wildman–Crippen LogP) is 1.99. The molecule has 0 amide bonds. The molecular weight excluding hydrogens is 218 g/mol. The zero-order valence-electron chi connectivity index (χ0n) is 10.5. The number of carboxylic acids is 1. The minimum Gasteiger partial charge on any atom is -0.478 e. The first kappa shape index (κ1) is 13.3. The molecule has 0 aliphatic rings. The number of nitrogens with zero attached hydrogens (tertiary/aromatic N) is 2. The normalized spacial score (nSPS) is 10.6. The van der Waals surface area contributed by atoms with Crippen molar-refractivity contribution < 1.29 is 9.90 Å². The van der Waals surface area contributed by atoms with Gasteiger partial charge in [-0.3, -0.25) is 0 Å². The summed E-state index contributed by atoms with van der Waals surface area (Å²) in [6, 6.07) is 1.88. The van der Waals surface area contributed by atoms with Gasteiger partial charge in [0.15, 0.2) is 0 Å². The molecule has 1 aromatic rings. The van der Waals surface area contributed by atoms with Crippen molar-refractivity contribution in [2.24, 2.45) is 0 Å². The Bertz CT molecular complexity index is 403.